The average Bonchev–Trinajstić information content (AvgIpc) is 2.92. The summed E-state index contributed by atoms with van der Waals surface area (Å²) in [5.74, 6) is 2.45. The maximum absolute atomic E-state index is 14.2. The van der Waals surface area contributed by atoms with E-state index in [1.165, 1.54) is 16.7 Å². The Balaban J connectivity index is 1.46. The Morgan fingerprint density at radius 1 is 0.861 bits per heavy atom. The van der Waals surface area contributed by atoms with Gasteiger partial charge in [0.2, 0.25) is 5.91 Å². The lowest BCUT2D eigenvalue weighted by molar-refractivity contribution is -0.140. The third kappa shape index (κ3) is 4.42. The van der Waals surface area contributed by atoms with Crippen LogP contribution in [0.15, 0.2) is 60.7 Å². The highest BCUT2D eigenvalue weighted by Crippen LogP contribution is 2.39. The highest BCUT2D eigenvalue weighted by molar-refractivity contribution is 5.83. The summed E-state index contributed by atoms with van der Waals surface area (Å²) in [6, 6.07) is 20.3. The molecular weight excluding hydrogens is 452 g/mol. The Kier molecular flexibility index (Phi) is 6.88. The third-order valence-corrected chi connectivity index (χ3v) is 7.66. The van der Waals surface area contributed by atoms with Crippen LogP contribution in [0.5, 0.6) is 17.2 Å². The number of carbonyl (C=O) groups is 1. The standard InChI is InChI=1S/C30H34N2O4/c1-20-25-17-29(36-4)28(35-3)16-22(25)13-14-32(20)30(33)26-15-21-9-5-6-10-23(21)18-31(26)19-24-11-7-8-12-27(24)34-2/h5-12,16-17,20,26H,13-15,18-19H2,1-4H3/t20?,26-/m0/s1. The maximum Gasteiger partial charge on any atom is 0.240 e. The highest BCUT2D eigenvalue weighted by atomic mass is 16.5. The van der Waals surface area contributed by atoms with E-state index in [0.29, 0.717) is 25.3 Å². The molecule has 0 saturated carbocycles. The molecule has 188 valence electrons. The zero-order valence-electron chi connectivity index (χ0n) is 21.5. The van der Waals surface area contributed by atoms with Gasteiger partial charge >= 0.3 is 0 Å². The molecule has 36 heavy (non-hydrogen) atoms. The van der Waals surface area contributed by atoms with Gasteiger partial charge in [0.25, 0.3) is 0 Å². The number of hydrogen-bond donors (Lipinski definition) is 0. The van der Waals surface area contributed by atoms with E-state index in [4.69, 9.17) is 14.2 Å². The van der Waals surface area contributed by atoms with Gasteiger partial charge in [-0.2, -0.15) is 0 Å². The Labute approximate surface area is 213 Å². The summed E-state index contributed by atoms with van der Waals surface area (Å²) >= 11 is 0. The number of nitrogens with zero attached hydrogens (tertiary/aromatic N) is 2. The van der Waals surface area contributed by atoms with E-state index in [0.717, 1.165) is 35.6 Å². The van der Waals surface area contributed by atoms with E-state index in [2.05, 4.69) is 48.2 Å². The maximum atomic E-state index is 14.2. The summed E-state index contributed by atoms with van der Waals surface area (Å²) in [5.41, 5.74) is 5.96. The fourth-order valence-electron chi connectivity index (χ4n) is 5.68. The van der Waals surface area contributed by atoms with Crippen molar-refractivity contribution in [3.8, 4) is 17.2 Å². The first-order chi connectivity index (χ1) is 17.5. The van der Waals surface area contributed by atoms with Crippen LogP contribution in [0.4, 0.5) is 0 Å². The molecule has 0 radical (unpaired) electrons. The van der Waals surface area contributed by atoms with Gasteiger partial charge in [-0.25, -0.2) is 0 Å². The SMILES string of the molecule is COc1ccccc1CN1Cc2ccccc2C[C@H]1C(=O)N1CCc2cc(OC)c(OC)cc2C1C. The number of hydrogen-bond acceptors (Lipinski definition) is 5. The number of ether oxygens (including phenoxy) is 3. The van der Waals surface area contributed by atoms with Crippen molar-refractivity contribution < 1.29 is 19.0 Å². The smallest absolute Gasteiger partial charge is 0.240 e. The Morgan fingerprint density at radius 2 is 1.53 bits per heavy atom. The lowest BCUT2D eigenvalue weighted by Gasteiger charge is -2.42. The Hall–Kier alpha value is -3.51. The molecule has 0 aromatic heterocycles. The van der Waals surface area contributed by atoms with Gasteiger partial charge in [0.1, 0.15) is 5.75 Å². The van der Waals surface area contributed by atoms with Crippen LogP contribution in [0.1, 0.15) is 40.8 Å². The fourth-order valence-corrected chi connectivity index (χ4v) is 5.68. The van der Waals surface area contributed by atoms with Gasteiger partial charge in [0.05, 0.1) is 33.4 Å². The van der Waals surface area contributed by atoms with Crippen LogP contribution in [0, 0.1) is 0 Å². The topological polar surface area (TPSA) is 51.2 Å². The molecule has 3 aromatic carbocycles. The molecule has 1 unspecified atom stereocenters. The largest absolute Gasteiger partial charge is 0.496 e. The van der Waals surface area contributed by atoms with E-state index >= 15 is 0 Å². The lowest BCUT2D eigenvalue weighted by atomic mass is 9.89. The van der Waals surface area contributed by atoms with E-state index in [1.807, 2.05) is 29.2 Å². The number of rotatable bonds is 6. The number of benzene rings is 3. The molecule has 0 N–H and O–H groups in total. The number of carbonyl (C=O) groups excluding carboxylic acids is 1. The summed E-state index contributed by atoms with van der Waals surface area (Å²) in [6.07, 6.45) is 1.49. The molecule has 2 aliphatic rings. The molecule has 3 aromatic rings. The first-order valence-corrected chi connectivity index (χ1v) is 12.5. The van der Waals surface area contributed by atoms with Gasteiger partial charge < -0.3 is 19.1 Å². The first kappa shape index (κ1) is 24.2. The predicted molar refractivity (Wildman–Crippen MR) is 140 cm³/mol. The fraction of sp³-hybridized carbons (Fsp3) is 0.367. The van der Waals surface area contributed by atoms with E-state index in [-0.39, 0.29) is 18.0 Å². The first-order valence-electron chi connectivity index (χ1n) is 12.5. The van der Waals surface area contributed by atoms with Gasteiger partial charge in [0.15, 0.2) is 11.5 Å². The van der Waals surface area contributed by atoms with Crippen LogP contribution < -0.4 is 14.2 Å². The molecule has 0 aliphatic carbocycles. The molecule has 6 heteroatoms. The second-order valence-electron chi connectivity index (χ2n) is 9.57. The van der Waals surface area contributed by atoms with E-state index < -0.39 is 0 Å². The van der Waals surface area contributed by atoms with Crippen LogP contribution in [-0.4, -0.2) is 49.6 Å². The van der Waals surface area contributed by atoms with Crippen molar-refractivity contribution in [2.24, 2.45) is 0 Å². The minimum absolute atomic E-state index is 0.0497. The molecule has 2 aliphatic heterocycles. The molecule has 0 spiro atoms. The minimum Gasteiger partial charge on any atom is -0.496 e. The molecule has 6 nitrogen and oxygen atoms in total. The van der Waals surface area contributed by atoms with Crippen molar-refractivity contribution in [3.05, 3.63) is 88.5 Å². The summed E-state index contributed by atoms with van der Waals surface area (Å²) in [5, 5.41) is 0. The van der Waals surface area contributed by atoms with Gasteiger partial charge in [-0.1, -0.05) is 42.5 Å². The van der Waals surface area contributed by atoms with Crippen LogP contribution in [-0.2, 0) is 30.7 Å². The second kappa shape index (κ2) is 10.2. The van der Waals surface area contributed by atoms with Crippen molar-refractivity contribution in [1.29, 1.82) is 0 Å². The summed E-state index contributed by atoms with van der Waals surface area (Å²) in [6.45, 7) is 4.18. The zero-order valence-corrected chi connectivity index (χ0v) is 21.5. The molecular formula is C30H34N2O4. The molecule has 2 heterocycles. The predicted octanol–water partition coefficient (Wildman–Crippen LogP) is 4.79. The van der Waals surface area contributed by atoms with Crippen molar-refractivity contribution in [2.75, 3.05) is 27.9 Å². The molecule has 0 bridgehead atoms. The van der Waals surface area contributed by atoms with Gasteiger partial charge in [-0.3, -0.25) is 9.69 Å². The zero-order chi connectivity index (χ0) is 25.2. The average molecular weight is 487 g/mol. The van der Waals surface area contributed by atoms with E-state index in [9.17, 15) is 4.79 Å². The van der Waals surface area contributed by atoms with Crippen molar-refractivity contribution in [3.63, 3.8) is 0 Å². The number of methoxy groups -OCH3 is 3. The lowest BCUT2D eigenvalue weighted by Crippen LogP contribution is -2.53. The Morgan fingerprint density at radius 3 is 2.28 bits per heavy atom. The second-order valence-corrected chi connectivity index (χ2v) is 9.57. The van der Waals surface area contributed by atoms with Crippen LogP contribution in [0.3, 0.4) is 0 Å². The van der Waals surface area contributed by atoms with Gasteiger partial charge in [-0.05, 0) is 60.2 Å². The van der Waals surface area contributed by atoms with Crippen LogP contribution in [0.2, 0.25) is 0 Å². The molecule has 1 amide bonds. The van der Waals surface area contributed by atoms with Gasteiger partial charge in [-0.15, -0.1) is 0 Å². The molecule has 0 fully saturated rings. The summed E-state index contributed by atoms with van der Waals surface area (Å²) in [7, 11) is 5.00. The number of fused-ring (bicyclic) bond motifs is 2. The van der Waals surface area contributed by atoms with Crippen LogP contribution in [0.25, 0.3) is 0 Å². The molecule has 5 rings (SSSR count). The minimum atomic E-state index is -0.242. The summed E-state index contributed by atoms with van der Waals surface area (Å²) < 4.78 is 16.7. The molecule has 2 atom stereocenters. The van der Waals surface area contributed by atoms with Crippen LogP contribution >= 0.6 is 0 Å². The number of para-hydroxylation sites is 1. The molecule has 0 saturated heterocycles. The van der Waals surface area contributed by atoms with Crippen molar-refractivity contribution >= 4 is 5.91 Å². The third-order valence-electron chi connectivity index (χ3n) is 7.66. The Bertz CT molecular complexity index is 1260. The monoisotopic (exact) mass is 486 g/mol. The number of amides is 1. The summed E-state index contributed by atoms with van der Waals surface area (Å²) in [4.78, 5) is 18.6. The van der Waals surface area contributed by atoms with Crippen molar-refractivity contribution in [2.45, 2.75) is 44.9 Å². The van der Waals surface area contributed by atoms with Gasteiger partial charge in [0, 0.05) is 25.2 Å². The van der Waals surface area contributed by atoms with Crippen molar-refractivity contribution in [1.82, 2.24) is 9.80 Å². The quantitative estimate of drug-likeness (QED) is 0.502. The highest BCUT2D eigenvalue weighted by Gasteiger charge is 2.38. The normalized spacial score (nSPS) is 19.3. The van der Waals surface area contributed by atoms with E-state index in [1.54, 1.807) is 21.3 Å².